The quantitative estimate of drug-likeness (QED) is 0.613. The van der Waals surface area contributed by atoms with Crippen LogP contribution in [0.3, 0.4) is 0 Å². The molecule has 0 saturated carbocycles. The number of aryl methyl sites for hydroxylation is 2. The Morgan fingerprint density at radius 2 is 1.83 bits per heavy atom. The Kier molecular flexibility index (Phi) is 5.79. The van der Waals surface area contributed by atoms with Crippen molar-refractivity contribution in [3.05, 3.63) is 50.7 Å². The molecule has 1 aromatic carbocycles. The monoisotopic (exact) mass is 441 g/mol. The number of thioether (sulfide) groups is 1. The number of imidazole rings is 1. The lowest BCUT2D eigenvalue weighted by molar-refractivity contribution is -0.137. The van der Waals surface area contributed by atoms with Crippen molar-refractivity contribution in [3.8, 4) is 0 Å². The van der Waals surface area contributed by atoms with E-state index >= 15 is 0 Å². The Morgan fingerprint density at radius 3 is 2.47 bits per heavy atom. The fraction of sp³-hybridized carbons (Fsp3) is 0.333. The Bertz CT molecular complexity index is 1240. The van der Waals surface area contributed by atoms with Gasteiger partial charge in [-0.15, -0.1) is 0 Å². The van der Waals surface area contributed by atoms with Gasteiger partial charge in [0.25, 0.3) is 5.56 Å². The van der Waals surface area contributed by atoms with E-state index in [1.165, 1.54) is 36.9 Å². The van der Waals surface area contributed by atoms with Crippen LogP contribution in [0, 0.1) is 0 Å². The molecule has 0 radical (unpaired) electrons. The van der Waals surface area contributed by atoms with Crippen molar-refractivity contribution in [2.45, 2.75) is 24.8 Å². The largest absolute Gasteiger partial charge is 0.418 e. The second-order valence-electron chi connectivity index (χ2n) is 6.40. The summed E-state index contributed by atoms with van der Waals surface area (Å²) in [5.74, 6) is -0.891. The highest BCUT2D eigenvalue weighted by molar-refractivity contribution is 7.99. The molecule has 0 saturated heterocycles. The van der Waals surface area contributed by atoms with E-state index in [-0.39, 0.29) is 22.6 Å². The van der Waals surface area contributed by atoms with Gasteiger partial charge in [0, 0.05) is 20.6 Å². The van der Waals surface area contributed by atoms with Gasteiger partial charge in [-0.2, -0.15) is 13.2 Å². The van der Waals surface area contributed by atoms with Crippen LogP contribution >= 0.6 is 11.8 Å². The standard InChI is InChI=1S/C18H18F3N5O3S/c1-4-26-13-14(24(2)17(29)25(3)15(13)28)23-16(26)30-9-12(27)22-11-8-6-5-7-10(11)18(19,20)21/h5-8H,4,9H2,1-3H3,(H,22,27). The van der Waals surface area contributed by atoms with E-state index in [0.29, 0.717) is 11.7 Å². The number of anilines is 1. The number of fused-ring (bicyclic) bond motifs is 1. The number of alkyl halides is 3. The predicted molar refractivity (Wildman–Crippen MR) is 107 cm³/mol. The van der Waals surface area contributed by atoms with Crippen LogP contribution in [0.5, 0.6) is 0 Å². The molecule has 0 spiro atoms. The lowest BCUT2D eigenvalue weighted by Gasteiger charge is -2.13. The Labute approximate surface area is 172 Å². The summed E-state index contributed by atoms with van der Waals surface area (Å²) in [5, 5.41) is 2.57. The molecule has 0 atom stereocenters. The number of carbonyl (C=O) groups excluding carboxylic acids is 1. The average molecular weight is 441 g/mol. The summed E-state index contributed by atoms with van der Waals surface area (Å²) in [7, 11) is 2.84. The molecule has 0 fully saturated rings. The van der Waals surface area contributed by atoms with Gasteiger partial charge in [0.1, 0.15) is 0 Å². The van der Waals surface area contributed by atoms with Crippen LogP contribution in [0.4, 0.5) is 18.9 Å². The Morgan fingerprint density at radius 1 is 1.17 bits per heavy atom. The molecule has 30 heavy (non-hydrogen) atoms. The summed E-state index contributed by atoms with van der Waals surface area (Å²) in [5.41, 5.74) is -1.94. The first kappa shape index (κ1) is 21.7. The molecule has 3 rings (SSSR count). The topological polar surface area (TPSA) is 90.9 Å². The van der Waals surface area contributed by atoms with E-state index < -0.39 is 28.9 Å². The first-order chi connectivity index (χ1) is 14.1. The van der Waals surface area contributed by atoms with Crippen molar-refractivity contribution in [2.75, 3.05) is 11.1 Å². The fourth-order valence-corrected chi connectivity index (χ4v) is 3.85. The minimum Gasteiger partial charge on any atom is -0.325 e. The van der Waals surface area contributed by atoms with Gasteiger partial charge in [0.2, 0.25) is 5.91 Å². The number of hydrogen-bond acceptors (Lipinski definition) is 5. The third kappa shape index (κ3) is 3.86. The highest BCUT2D eigenvalue weighted by Crippen LogP contribution is 2.34. The van der Waals surface area contributed by atoms with Gasteiger partial charge in [-0.3, -0.25) is 18.7 Å². The van der Waals surface area contributed by atoms with Crippen LogP contribution < -0.4 is 16.6 Å². The fourth-order valence-electron chi connectivity index (χ4n) is 2.99. The maximum atomic E-state index is 13.1. The van der Waals surface area contributed by atoms with Gasteiger partial charge in [-0.25, -0.2) is 9.78 Å². The van der Waals surface area contributed by atoms with E-state index in [1.54, 1.807) is 11.5 Å². The number of hydrogen-bond donors (Lipinski definition) is 1. The molecule has 2 aromatic heterocycles. The smallest absolute Gasteiger partial charge is 0.325 e. The zero-order valence-corrected chi connectivity index (χ0v) is 17.1. The molecule has 3 aromatic rings. The minimum atomic E-state index is -4.60. The maximum absolute atomic E-state index is 13.1. The van der Waals surface area contributed by atoms with E-state index in [1.807, 2.05) is 0 Å². The number of nitrogens with one attached hydrogen (secondary N) is 1. The molecule has 0 aliphatic carbocycles. The number of halogens is 3. The van der Waals surface area contributed by atoms with Crippen molar-refractivity contribution in [1.29, 1.82) is 0 Å². The zero-order valence-electron chi connectivity index (χ0n) is 16.3. The van der Waals surface area contributed by atoms with Crippen molar-refractivity contribution >= 4 is 34.5 Å². The average Bonchev–Trinajstić information content (AvgIpc) is 3.07. The molecule has 12 heteroatoms. The van der Waals surface area contributed by atoms with Gasteiger partial charge in [-0.1, -0.05) is 23.9 Å². The van der Waals surface area contributed by atoms with Crippen LogP contribution in [-0.2, 0) is 31.6 Å². The second kappa shape index (κ2) is 8.01. The molecule has 8 nitrogen and oxygen atoms in total. The highest BCUT2D eigenvalue weighted by Gasteiger charge is 2.33. The van der Waals surface area contributed by atoms with Crippen LogP contribution in [0.2, 0.25) is 0 Å². The number of benzene rings is 1. The first-order valence-corrected chi connectivity index (χ1v) is 9.80. The van der Waals surface area contributed by atoms with Crippen molar-refractivity contribution in [2.24, 2.45) is 14.1 Å². The molecule has 0 bridgehead atoms. The molecule has 1 N–H and O–H groups in total. The number of aromatic nitrogens is 4. The summed E-state index contributed by atoms with van der Waals surface area (Å²) >= 11 is 0.962. The predicted octanol–water partition coefficient (Wildman–Crippen LogP) is 2.20. The van der Waals surface area contributed by atoms with Crippen molar-refractivity contribution in [3.63, 3.8) is 0 Å². The van der Waals surface area contributed by atoms with Crippen LogP contribution in [0.15, 0.2) is 39.0 Å². The van der Waals surface area contributed by atoms with E-state index in [2.05, 4.69) is 10.3 Å². The number of rotatable bonds is 5. The van der Waals surface area contributed by atoms with Gasteiger partial charge >= 0.3 is 11.9 Å². The Balaban J connectivity index is 1.88. The van der Waals surface area contributed by atoms with Gasteiger partial charge < -0.3 is 9.88 Å². The third-order valence-corrected chi connectivity index (χ3v) is 5.44. The molecule has 0 unspecified atom stereocenters. The summed E-state index contributed by atoms with van der Waals surface area (Å²) in [6, 6.07) is 4.69. The van der Waals surface area contributed by atoms with Crippen molar-refractivity contribution in [1.82, 2.24) is 18.7 Å². The Hall–Kier alpha value is -3.02. The summed E-state index contributed by atoms with van der Waals surface area (Å²) in [4.78, 5) is 41.2. The normalized spacial score (nSPS) is 11.8. The molecule has 160 valence electrons. The number of amides is 1. The van der Waals surface area contributed by atoms with Crippen LogP contribution in [-0.4, -0.2) is 30.3 Å². The molecule has 2 heterocycles. The lowest BCUT2D eigenvalue weighted by Crippen LogP contribution is -2.37. The van der Waals surface area contributed by atoms with Crippen molar-refractivity contribution < 1.29 is 18.0 Å². The first-order valence-electron chi connectivity index (χ1n) is 8.81. The maximum Gasteiger partial charge on any atom is 0.418 e. The van der Waals surface area contributed by atoms with Crippen LogP contribution in [0.25, 0.3) is 11.2 Å². The van der Waals surface area contributed by atoms with E-state index in [4.69, 9.17) is 0 Å². The van der Waals surface area contributed by atoms with E-state index in [0.717, 1.165) is 22.4 Å². The molecule has 0 aliphatic heterocycles. The molecular formula is C18H18F3N5O3S. The van der Waals surface area contributed by atoms with E-state index in [9.17, 15) is 27.6 Å². The van der Waals surface area contributed by atoms with Crippen LogP contribution in [0.1, 0.15) is 12.5 Å². The zero-order chi connectivity index (χ0) is 22.2. The molecular weight excluding hydrogens is 423 g/mol. The van der Waals surface area contributed by atoms with Gasteiger partial charge in [-0.05, 0) is 19.1 Å². The lowest BCUT2D eigenvalue weighted by atomic mass is 10.1. The number of carbonyl (C=O) groups is 1. The van der Waals surface area contributed by atoms with Gasteiger partial charge in [0.15, 0.2) is 16.3 Å². The number of nitrogens with zero attached hydrogens (tertiary/aromatic N) is 4. The summed E-state index contributed by atoms with van der Waals surface area (Å²) in [6.07, 6.45) is -4.60. The van der Waals surface area contributed by atoms with Gasteiger partial charge in [0.05, 0.1) is 17.0 Å². The second-order valence-corrected chi connectivity index (χ2v) is 7.34. The number of para-hydroxylation sites is 1. The molecule has 0 aliphatic rings. The summed E-state index contributed by atoms with van der Waals surface area (Å²) < 4.78 is 43.0. The molecule has 1 amide bonds. The minimum absolute atomic E-state index is 0.176. The third-order valence-electron chi connectivity index (χ3n) is 4.47. The SMILES string of the molecule is CCn1c(SCC(=O)Nc2ccccc2C(F)(F)F)nc2c1c(=O)n(C)c(=O)n2C. The highest BCUT2D eigenvalue weighted by atomic mass is 32.2. The summed E-state index contributed by atoms with van der Waals surface area (Å²) in [6.45, 7) is 2.13.